The molecule has 20 heavy (non-hydrogen) atoms. The first-order valence-corrected chi connectivity index (χ1v) is 8.86. The van der Waals surface area contributed by atoms with Crippen LogP contribution in [-0.4, -0.2) is 0 Å². The molecular formula is C17H17Br2Cl. The van der Waals surface area contributed by atoms with Gasteiger partial charge in [-0.1, -0.05) is 81.6 Å². The number of hydrogen-bond donors (Lipinski definition) is 0. The lowest BCUT2D eigenvalue weighted by molar-refractivity contribution is 1.03. The van der Waals surface area contributed by atoms with Crippen molar-refractivity contribution >= 4 is 43.5 Å². The van der Waals surface area contributed by atoms with Gasteiger partial charge in [0, 0.05) is 9.50 Å². The van der Waals surface area contributed by atoms with Gasteiger partial charge in [0.1, 0.15) is 0 Å². The van der Waals surface area contributed by atoms with Gasteiger partial charge >= 0.3 is 0 Å². The van der Waals surface area contributed by atoms with E-state index >= 15 is 0 Å². The van der Waals surface area contributed by atoms with Crippen LogP contribution in [0.25, 0.3) is 0 Å². The lowest BCUT2D eigenvalue weighted by Crippen LogP contribution is -2.00. The maximum atomic E-state index is 6.38. The van der Waals surface area contributed by atoms with Gasteiger partial charge in [0.2, 0.25) is 0 Å². The maximum absolute atomic E-state index is 6.38. The Morgan fingerprint density at radius 3 is 2.35 bits per heavy atom. The van der Waals surface area contributed by atoms with E-state index < -0.39 is 0 Å². The predicted molar refractivity (Wildman–Crippen MR) is 95.1 cm³/mol. The second-order valence-electron chi connectivity index (χ2n) is 4.77. The monoisotopic (exact) mass is 414 g/mol. The van der Waals surface area contributed by atoms with Gasteiger partial charge in [0.05, 0.1) is 4.83 Å². The number of alkyl halides is 1. The highest BCUT2D eigenvalue weighted by atomic mass is 79.9. The number of aryl methyl sites for hydroxylation is 2. The third-order valence-corrected chi connectivity index (χ3v) is 5.32. The highest BCUT2D eigenvalue weighted by Gasteiger charge is 2.17. The van der Waals surface area contributed by atoms with Gasteiger partial charge in [-0.05, 0) is 47.2 Å². The summed E-state index contributed by atoms with van der Waals surface area (Å²) in [5, 5.41) is 0.783. The van der Waals surface area contributed by atoms with Crippen LogP contribution in [0.15, 0.2) is 40.9 Å². The summed E-state index contributed by atoms with van der Waals surface area (Å²) in [6.07, 6.45) is 2.07. The Bertz CT molecular complexity index is 608. The lowest BCUT2D eigenvalue weighted by Gasteiger charge is -2.17. The van der Waals surface area contributed by atoms with Gasteiger partial charge in [-0.3, -0.25) is 0 Å². The Kier molecular flexibility index (Phi) is 5.71. The quantitative estimate of drug-likeness (QED) is 0.486. The molecule has 0 amide bonds. The van der Waals surface area contributed by atoms with E-state index in [1.165, 1.54) is 16.7 Å². The predicted octanol–water partition coefficient (Wildman–Crippen LogP) is 6.71. The fourth-order valence-corrected chi connectivity index (χ4v) is 4.04. The molecule has 0 heterocycles. The minimum atomic E-state index is 0.129. The summed E-state index contributed by atoms with van der Waals surface area (Å²) in [5.41, 5.74) is 5.15. The summed E-state index contributed by atoms with van der Waals surface area (Å²) in [6, 6.07) is 12.8. The van der Waals surface area contributed by atoms with E-state index in [1.54, 1.807) is 0 Å². The number of halogens is 3. The van der Waals surface area contributed by atoms with Gasteiger partial charge < -0.3 is 0 Å². The third-order valence-electron chi connectivity index (χ3n) is 3.51. The molecule has 0 aliphatic heterocycles. The van der Waals surface area contributed by atoms with Gasteiger partial charge in [-0.15, -0.1) is 0 Å². The topological polar surface area (TPSA) is 0 Å². The van der Waals surface area contributed by atoms with Crippen molar-refractivity contribution in [2.75, 3.05) is 0 Å². The van der Waals surface area contributed by atoms with Crippen molar-refractivity contribution in [1.29, 1.82) is 0 Å². The average molecular weight is 417 g/mol. The van der Waals surface area contributed by atoms with E-state index in [-0.39, 0.29) is 4.83 Å². The van der Waals surface area contributed by atoms with Gasteiger partial charge in [0.25, 0.3) is 0 Å². The molecule has 1 unspecified atom stereocenters. The van der Waals surface area contributed by atoms with Crippen LogP contribution in [0.4, 0.5) is 0 Å². The first-order chi connectivity index (χ1) is 9.56. The number of rotatable bonds is 4. The fourth-order valence-electron chi connectivity index (χ4n) is 2.30. The van der Waals surface area contributed by atoms with Crippen LogP contribution in [0, 0.1) is 0 Å². The first kappa shape index (κ1) is 16.1. The van der Waals surface area contributed by atoms with Crippen LogP contribution in [-0.2, 0) is 12.8 Å². The molecule has 0 radical (unpaired) electrons. The molecule has 0 aliphatic rings. The second-order valence-corrected chi connectivity index (χ2v) is 7.01. The highest BCUT2D eigenvalue weighted by Crippen LogP contribution is 2.38. The Hall–Kier alpha value is -0.310. The Morgan fingerprint density at radius 1 is 1.00 bits per heavy atom. The van der Waals surface area contributed by atoms with Crippen molar-refractivity contribution in [3.8, 4) is 0 Å². The Labute approximate surface area is 142 Å². The zero-order chi connectivity index (χ0) is 14.7. The lowest BCUT2D eigenvalue weighted by atomic mass is 9.95. The van der Waals surface area contributed by atoms with Crippen LogP contribution >= 0.6 is 43.5 Å². The van der Waals surface area contributed by atoms with Crippen molar-refractivity contribution in [3.05, 3.63) is 68.1 Å². The van der Waals surface area contributed by atoms with E-state index in [1.807, 2.05) is 12.1 Å². The SMILES string of the molecule is CCc1ccc(CC)c(C(Br)c2ccc(Br)cc2Cl)c1. The second kappa shape index (κ2) is 7.11. The standard InChI is InChI=1S/C17H17Br2Cl/c1-3-11-5-6-12(4-2)15(9-11)17(19)14-8-7-13(18)10-16(14)20/h5-10,17H,3-4H2,1-2H3. The molecular weight excluding hydrogens is 399 g/mol. The molecule has 0 spiro atoms. The van der Waals surface area contributed by atoms with Crippen molar-refractivity contribution in [2.45, 2.75) is 31.5 Å². The molecule has 0 nitrogen and oxygen atoms in total. The third kappa shape index (κ3) is 3.47. The van der Waals surface area contributed by atoms with Gasteiger partial charge in [0.15, 0.2) is 0 Å². The summed E-state index contributed by atoms with van der Waals surface area (Å²) < 4.78 is 1.00. The summed E-state index contributed by atoms with van der Waals surface area (Å²) >= 11 is 13.7. The van der Waals surface area contributed by atoms with Crippen LogP contribution in [0.5, 0.6) is 0 Å². The van der Waals surface area contributed by atoms with E-state index in [2.05, 4.69) is 70.0 Å². The van der Waals surface area contributed by atoms with E-state index in [9.17, 15) is 0 Å². The maximum Gasteiger partial charge on any atom is 0.0661 e. The molecule has 0 saturated carbocycles. The molecule has 0 fully saturated rings. The van der Waals surface area contributed by atoms with Crippen LogP contribution < -0.4 is 0 Å². The zero-order valence-electron chi connectivity index (χ0n) is 11.6. The van der Waals surface area contributed by atoms with E-state index in [4.69, 9.17) is 11.6 Å². The Morgan fingerprint density at radius 2 is 1.75 bits per heavy atom. The van der Waals surface area contributed by atoms with Crippen molar-refractivity contribution < 1.29 is 0 Å². The number of benzene rings is 2. The van der Waals surface area contributed by atoms with E-state index in [0.29, 0.717) is 0 Å². The minimum absolute atomic E-state index is 0.129. The van der Waals surface area contributed by atoms with Gasteiger partial charge in [-0.25, -0.2) is 0 Å². The molecule has 2 aromatic carbocycles. The zero-order valence-corrected chi connectivity index (χ0v) is 15.5. The summed E-state index contributed by atoms with van der Waals surface area (Å²) in [4.78, 5) is 0.129. The molecule has 0 N–H and O–H groups in total. The van der Waals surface area contributed by atoms with Crippen LogP contribution in [0.3, 0.4) is 0 Å². The molecule has 1 atom stereocenters. The molecule has 3 heteroatoms. The van der Waals surface area contributed by atoms with Gasteiger partial charge in [-0.2, -0.15) is 0 Å². The Balaban J connectivity index is 2.48. The molecule has 0 aliphatic carbocycles. The van der Waals surface area contributed by atoms with Crippen molar-refractivity contribution in [1.82, 2.24) is 0 Å². The smallest absolute Gasteiger partial charge is 0.0661 e. The fraction of sp³-hybridized carbons (Fsp3) is 0.294. The normalized spacial score (nSPS) is 12.4. The van der Waals surface area contributed by atoms with Crippen molar-refractivity contribution in [3.63, 3.8) is 0 Å². The molecule has 2 rings (SSSR count). The molecule has 0 bridgehead atoms. The minimum Gasteiger partial charge on any atom is -0.0839 e. The largest absolute Gasteiger partial charge is 0.0839 e. The molecule has 2 aromatic rings. The van der Waals surface area contributed by atoms with Crippen molar-refractivity contribution in [2.24, 2.45) is 0 Å². The first-order valence-electron chi connectivity index (χ1n) is 6.77. The molecule has 106 valence electrons. The molecule has 0 aromatic heterocycles. The van der Waals surface area contributed by atoms with Crippen LogP contribution in [0.2, 0.25) is 5.02 Å². The highest BCUT2D eigenvalue weighted by molar-refractivity contribution is 9.10. The van der Waals surface area contributed by atoms with E-state index in [0.717, 1.165) is 27.9 Å². The summed E-state index contributed by atoms with van der Waals surface area (Å²) in [5.74, 6) is 0. The summed E-state index contributed by atoms with van der Waals surface area (Å²) in [6.45, 7) is 4.37. The molecule has 0 saturated heterocycles. The van der Waals surface area contributed by atoms with Crippen LogP contribution in [0.1, 0.15) is 40.9 Å². The summed E-state index contributed by atoms with van der Waals surface area (Å²) in [7, 11) is 0. The number of hydrogen-bond acceptors (Lipinski definition) is 0. The average Bonchev–Trinajstić information content (AvgIpc) is 2.46.